The standard InChI is InChI=1S/C13H25N3O/c1-11(2)12-13(17)16(10-14-12)9-8-15-6-4-3-5-7-15/h11-12,14H,3-10H2,1-2H3. The van der Waals surface area contributed by atoms with Gasteiger partial charge in [0.25, 0.3) is 0 Å². The first-order valence-electron chi connectivity index (χ1n) is 6.93. The van der Waals surface area contributed by atoms with Crippen LogP contribution >= 0.6 is 0 Å². The van der Waals surface area contributed by atoms with Gasteiger partial charge in [0.2, 0.25) is 5.91 Å². The average molecular weight is 239 g/mol. The lowest BCUT2D eigenvalue weighted by molar-refractivity contribution is -0.129. The van der Waals surface area contributed by atoms with Gasteiger partial charge in [-0.3, -0.25) is 10.1 Å². The molecule has 17 heavy (non-hydrogen) atoms. The molecule has 2 aliphatic rings. The Kier molecular flexibility index (Phi) is 4.40. The predicted octanol–water partition coefficient (Wildman–Crippen LogP) is 0.886. The molecule has 0 aromatic carbocycles. The third-order valence-corrected chi connectivity index (χ3v) is 3.88. The number of nitrogens with one attached hydrogen (secondary N) is 1. The number of carbonyl (C=O) groups is 1. The van der Waals surface area contributed by atoms with Crippen LogP contribution in [0.15, 0.2) is 0 Å². The van der Waals surface area contributed by atoms with Gasteiger partial charge in [-0.25, -0.2) is 0 Å². The number of hydrogen-bond donors (Lipinski definition) is 1. The lowest BCUT2D eigenvalue weighted by atomic mass is 10.1. The smallest absolute Gasteiger partial charge is 0.241 e. The highest BCUT2D eigenvalue weighted by molar-refractivity contribution is 5.84. The van der Waals surface area contributed by atoms with Gasteiger partial charge in [0.05, 0.1) is 12.7 Å². The Hall–Kier alpha value is -0.610. The molecule has 1 unspecified atom stereocenters. The van der Waals surface area contributed by atoms with Crippen LogP contribution in [0.25, 0.3) is 0 Å². The van der Waals surface area contributed by atoms with Crippen molar-refractivity contribution in [2.45, 2.75) is 39.2 Å². The van der Waals surface area contributed by atoms with Gasteiger partial charge >= 0.3 is 0 Å². The zero-order chi connectivity index (χ0) is 12.3. The van der Waals surface area contributed by atoms with Gasteiger partial charge in [0.15, 0.2) is 0 Å². The maximum atomic E-state index is 12.1. The van der Waals surface area contributed by atoms with E-state index in [1.165, 1.54) is 32.4 Å². The SMILES string of the molecule is CC(C)C1NCN(CCN2CCCCC2)C1=O. The summed E-state index contributed by atoms with van der Waals surface area (Å²) in [5, 5.41) is 3.30. The Morgan fingerprint density at radius 1 is 1.24 bits per heavy atom. The first kappa shape index (κ1) is 12.8. The summed E-state index contributed by atoms with van der Waals surface area (Å²) in [5.41, 5.74) is 0. The lowest BCUT2D eigenvalue weighted by Gasteiger charge is -2.28. The van der Waals surface area contributed by atoms with Gasteiger partial charge in [-0.15, -0.1) is 0 Å². The van der Waals surface area contributed by atoms with Crippen LogP contribution in [-0.2, 0) is 4.79 Å². The molecule has 2 rings (SSSR count). The van der Waals surface area contributed by atoms with Crippen LogP contribution in [0.3, 0.4) is 0 Å². The van der Waals surface area contributed by atoms with Crippen molar-refractivity contribution in [2.75, 3.05) is 32.8 Å². The Morgan fingerprint density at radius 2 is 1.94 bits per heavy atom. The quantitative estimate of drug-likeness (QED) is 0.791. The van der Waals surface area contributed by atoms with Crippen LogP contribution in [0.5, 0.6) is 0 Å². The summed E-state index contributed by atoms with van der Waals surface area (Å²) in [6, 6.07) is 0.0383. The Morgan fingerprint density at radius 3 is 2.53 bits per heavy atom. The van der Waals surface area contributed by atoms with Crippen molar-refractivity contribution in [3.8, 4) is 0 Å². The molecule has 0 radical (unpaired) electrons. The molecule has 1 N–H and O–H groups in total. The fraction of sp³-hybridized carbons (Fsp3) is 0.923. The molecule has 2 heterocycles. The third kappa shape index (κ3) is 3.19. The maximum Gasteiger partial charge on any atom is 0.241 e. The van der Waals surface area contributed by atoms with E-state index in [2.05, 4.69) is 24.1 Å². The second-order valence-corrected chi connectivity index (χ2v) is 5.59. The van der Waals surface area contributed by atoms with Crippen LogP contribution < -0.4 is 5.32 Å². The molecule has 4 nitrogen and oxygen atoms in total. The molecular formula is C13H25N3O. The molecule has 0 aromatic heterocycles. The van der Waals surface area contributed by atoms with E-state index in [9.17, 15) is 4.79 Å². The highest BCUT2D eigenvalue weighted by Crippen LogP contribution is 2.13. The summed E-state index contributed by atoms with van der Waals surface area (Å²) in [6.45, 7) is 9.28. The highest BCUT2D eigenvalue weighted by Gasteiger charge is 2.32. The van der Waals surface area contributed by atoms with Gasteiger partial charge < -0.3 is 9.80 Å². The average Bonchev–Trinajstić information content (AvgIpc) is 2.69. The third-order valence-electron chi connectivity index (χ3n) is 3.88. The number of nitrogens with zero attached hydrogens (tertiary/aromatic N) is 2. The Balaban J connectivity index is 1.74. The minimum absolute atomic E-state index is 0.0383. The number of hydrogen-bond acceptors (Lipinski definition) is 3. The van der Waals surface area contributed by atoms with Gasteiger partial charge in [0, 0.05) is 13.1 Å². The van der Waals surface area contributed by atoms with Crippen LogP contribution in [0.4, 0.5) is 0 Å². The van der Waals surface area contributed by atoms with Crippen LogP contribution in [0.2, 0.25) is 0 Å². The van der Waals surface area contributed by atoms with Crippen molar-refractivity contribution in [1.82, 2.24) is 15.1 Å². The molecule has 2 aliphatic heterocycles. The summed E-state index contributed by atoms with van der Waals surface area (Å²) in [4.78, 5) is 16.5. The zero-order valence-corrected chi connectivity index (χ0v) is 11.1. The number of amides is 1. The summed E-state index contributed by atoms with van der Waals surface area (Å²) in [6.07, 6.45) is 4.01. The van der Waals surface area contributed by atoms with Crippen LogP contribution in [0.1, 0.15) is 33.1 Å². The van der Waals surface area contributed by atoms with E-state index in [-0.39, 0.29) is 11.9 Å². The van der Waals surface area contributed by atoms with E-state index in [1.54, 1.807) is 0 Å². The minimum Gasteiger partial charge on any atom is -0.327 e. The Labute approximate surface area is 104 Å². The van der Waals surface area contributed by atoms with Crippen molar-refractivity contribution < 1.29 is 4.79 Å². The van der Waals surface area contributed by atoms with Gasteiger partial charge in [-0.2, -0.15) is 0 Å². The zero-order valence-electron chi connectivity index (χ0n) is 11.1. The molecule has 2 fully saturated rings. The number of carbonyl (C=O) groups excluding carboxylic acids is 1. The molecule has 0 saturated carbocycles. The first-order valence-corrected chi connectivity index (χ1v) is 6.93. The molecule has 0 aliphatic carbocycles. The largest absolute Gasteiger partial charge is 0.327 e. The normalized spacial score (nSPS) is 27.1. The number of piperidine rings is 1. The molecule has 98 valence electrons. The van der Waals surface area contributed by atoms with Gasteiger partial charge in [-0.05, 0) is 31.8 Å². The van der Waals surface area contributed by atoms with Crippen LogP contribution in [-0.4, -0.2) is 54.6 Å². The molecule has 0 aromatic rings. The fourth-order valence-electron chi connectivity index (χ4n) is 2.73. The maximum absolute atomic E-state index is 12.1. The molecule has 2 saturated heterocycles. The van der Waals surface area contributed by atoms with E-state index in [0.29, 0.717) is 5.92 Å². The minimum atomic E-state index is 0.0383. The summed E-state index contributed by atoms with van der Waals surface area (Å²) < 4.78 is 0. The molecular weight excluding hydrogens is 214 g/mol. The van der Waals surface area contributed by atoms with E-state index >= 15 is 0 Å². The first-order chi connectivity index (χ1) is 8.18. The summed E-state index contributed by atoms with van der Waals surface area (Å²) in [7, 11) is 0. The van der Waals surface area contributed by atoms with E-state index in [0.717, 1.165) is 19.8 Å². The molecule has 1 atom stereocenters. The molecule has 0 bridgehead atoms. The van der Waals surface area contributed by atoms with Crippen molar-refractivity contribution in [2.24, 2.45) is 5.92 Å². The van der Waals surface area contributed by atoms with Crippen molar-refractivity contribution in [3.63, 3.8) is 0 Å². The number of likely N-dealkylation sites (tertiary alicyclic amines) is 1. The monoisotopic (exact) mass is 239 g/mol. The van der Waals surface area contributed by atoms with Crippen molar-refractivity contribution in [3.05, 3.63) is 0 Å². The summed E-state index contributed by atoms with van der Waals surface area (Å²) in [5.74, 6) is 0.680. The number of rotatable bonds is 4. The van der Waals surface area contributed by atoms with Gasteiger partial charge in [-0.1, -0.05) is 20.3 Å². The Bertz CT molecular complexity index is 261. The topological polar surface area (TPSA) is 35.6 Å². The molecule has 0 spiro atoms. The van der Waals surface area contributed by atoms with Gasteiger partial charge in [0.1, 0.15) is 0 Å². The fourth-order valence-corrected chi connectivity index (χ4v) is 2.73. The second-order valence-electron chi connectivity index (χ2n) is 5.59. The van der Waals surface area contributed by atoms with Crippen LogP contribution in [0, 0.1) is 5.92 Å². The second kappa shape index (κ2) is 5.83. The highest BCUT2D eigenvalue weighted by atomic mass is 16.2. The molecule has 1 amide bonds. The van der Waals surface area contributed by atoms with E-state index < -0.39 is 0 Å². The van der Waals surface area contributed by atoms with Crippen molar-refractivity contribution >= 4 is 5.91 Å². The van der Waals surface area contributed by atoms with E-state index in [1.807, 2.05) is 4.90 Å². The lowest BCUT2D eigenvalue weighted by Crippen LogP contribution is -2.40. The van der Waals surface area contributed by atoms with E-state index in [4.69, 9.17) is 0 Å². The van der Waals surface area contributed by atoms with Crippen molar-refractivity contribution in [1.29, 1.82) is 0 Å². The summed E-state index contributed by atoms with van der Waals surface area (Å²) >= 11 is 0. The predicted molar refractivity (Wildman–Crippen MR) is 68.6 cm³/mol. The molecule has 4 heteroatoms.